The molecule has 1 aromatic heterocycles. The van der Waals surface area contributed by atoms with E-state index in [-0.39, 0.29) is 17.3 Å². The molecule has 1 amide bonds. The van der Waals surface area contributed by atoms with Crippen LogP contribution in [-0.2, 0) is 12.4 Å². The Morgan fingerprint density at radius 3 is 1.71 bits per heavy atom. The van der Waals surface area contributed by atoms with Crippen molar-refractivity contribution in [2.24, 2.45) is 0 Å². The van der Waals surface area contributed by atoms with Gasteiger partial charge in [-0.15, -0.1) is 0 Å². The number of rotatable bonds is 3. The van der Waals surface area contributed by atoms with Gasteiger partial charge in [-0.3, -0.25) is 4.79 Å². The first kappa shape index (κ1) is 28.7. The van der Waals surface area contributed by atoms with Crippen LogP contribution in [0.15, 0.2) is 54.6 Å². The molecule has 4 nitrogen and oxygen atoms in total. The second-order valence-electron chi connectivity index (χ2n) is 6.65. The molecule has 186 valence electrons. The lowest BCUT2D eigenvalue weighted by atomic mass is 10.1. The summed E-state index contributed by atoms with van der Waals surface area (Å²) in [6, 6.07) is 10.3. The highest BCUT2D eigenvalue weighted by atomic mass is 19.4. The molecule has 0 aliphatic rings. The summed E-state index contributed by atoms with van der Waals surface area (Å²) in [5.41, 5.74) is -1.42. The van der Waals surface area contributed by atoms with Crippen LogP contribution in [-0.4, -0.2) is 34.7 Å². The van der Waals surface area contributed by atoms with Crippen molar-refractivity contribution in [3.8, 4) is 16.9 Å². The van der Waals surface area contributed by atoms with E-state index in [1.165, 1.54) is 29.2 Å². The Balaban J connectivity index is 0.00000137. The first-order chi connectivity index (χ1) is 15.9. The van der Waals surface area contributed by atoms with Gasteiger partial charge in [0, 0.05) is 25.2 Å². The fourth-order valence-corrected chi connectivity index (χ4v) is 2.76. The van der Waals surface area contributed by atoms with E-state index in [0.717, 1.165) is 35.0 Å². The number of carbonyl (C=O) groups is 1. The van der Waals surface area contributed by atoms with Crippen LogP contribution in [0.25, 0.3) is 16.9 Å². The monoisotopic (exact) mass is 487 g/mol. The van der Waals surface area contributed by atoms with Crippen molar-refractivity contribution in [1.82, 2.24) is 14.7 Å². The highest BCUT2D eigenvalue weighted by molar-refractivity contribution is 5.94. The summed E-state index contributed by atoms with van der Waals surface area (Å²) in [7, 11) is 3.12. The minimum absolute atomic E-state index is 0.0194. The molecule has 0 N–H and O–H groups in total. The van der Waals surface area contributed by atoms with Gasteiger partial charge in [0.05, 0.1) is 16.9 Å². The average Bonchev–Trinajstić information content (AvgIpc) is 3.27. The number of amides is 1. The number of nitrogens with zero attached hydrogens (tertiary/aromatic N) is 3. The Hall–Kier alpha value is -3.30. The molecule has 0 atom stereocenters. The highest BCUT2D eigenvalue weighted by Gasteiger charge is 2.35. The molecule has 0 aliphatic heterocycles. The topological polar surface area (TPSA) is 38.1 Å². The summed E-state index contributed by atoms with van der Waals surface area (Å²) in [5.74, 6) is -0.284. The van der Waals surface area contributed by atoms with E-state index < -0.39 is 23.6 Å². The van der Waals surface area contributed by atoms with Crippen LogP contribution in [0.5, 0.6) is 0 Å². The molecule has 0 spiro atoms. The zero-order chi connectivity index (χ0) is 26.3. The number of alkyl halides is 6. The molecule has 0 saturated carbocycles. The zero-order valence-electron chi connectivity index (χ0n) is 19.7. The molecule has 3 aromatic rings. The SMILES string of the molecule is CC.CC.CN(C)C(=O)c1ccc(-c2cc(C(F)(F)F)nn2-c2ccc(C(F)(F)F)cc2)cc1. The van der Waals surface area contributed by atoms with Gasteiger partial charge < -0.3 is 4.90 Å². The zero-order valence-corrected chi connectivity index (χ0v) is 19.7. The first-order valence-corrected chi connectivity index (χ1v) is 10.5. The van der Waals surface area contributed by atoms with E-state index in [0.29, 0.717) is 11.1 Å². The molecule has 2 aromatic carbocycles. The summed E-state index contributed by atoms with van der Waals surface area (Å²) in [5, 5.41) is 3.54. The van der Waals surface area contributed by atoms with Gasteiger partial charge in [0.25, 0.3) is 5.91 Å². The largest absolute Gasteiger partial charge is 0.435 e. The Labute approximate surface area is 194 Å². The molecule has 0 saturated heterocycles. The van der Waals surface area contributed by atoms with Crippen molar-refractivity contribution in [3.63, 3.8) is 0 Å². The predicted octanol–water partition coefficient (Wildman–Crippen LogP) is 7.33. The Kier molecular flexibility index (Phi) is 9.90. The highest BCUT2D eigenvalue weighted by Crippen LogP contribution is 2.34. The lowest BCUT2D eigenvalue weighted by Crippen LogP contribution is -2.21. The minimum atomic E-state index is -4.74. The van der Waals surface area contributed by atoms with Gasteiger partial charge in [-0.25, -0.2) is 4.68 Å². The van der Waals surface area contributed by atoms with Crippen molar-refractivity contribution < 1.29 is 31.1 Å². The summed E-state index contributed by atoms with van der Waals surface area (Å²) >= 11 is 0. The first-order valence-electron chi connectivity index (χ1n) is 10.5. The van der Waals surface area contributed by atoms with Crippen molar-refractivity contribution >= 4 is 5.91 Å². The second-order valence-corrected chi connectivity index (χ2v) is 6.65. The summed E-state index contributed by atoms with van der Waals surface area (Å²) in [6.07, 6.45) is -9.32. The average molecular weight is 487 g/mol. The molecule has 3 rings (SSSR count). The Morgan fingerprint density at radius 1 is 0.794 bits per heavy atom. The molecular weight excluding hydrogens is 460 g/mol. The molecule has 0 fully saturated rings. The molecule has 0 unspecified atom stereocenters. The van der Waals surface area contributed by atoms with E-state index in [9.17, 15) is 31.1 Å². The van der Waals surface area contributed by atoms with E-state index in [4.69, 9.17) is 0 Å². The van der Waals surface area contributed by atoms with E-state index in [2.05, 4.69) is 5.10 Å². The molecular formula is C24H27F6N3O. The van der Waals surface area contributed by atoms with Crippen molar-refractivity contribution in [2.45, 2.75) is 40.0 Å². The van der Waals surface area contributed by atoms with Crippen LogP contribution in [0.3, 0.4) is 0 Å². The van der Waals surface area contributed by atoms with Crippen molar-refractivity contribution in [3.05, 3.63) is 71.4 Å². The molecule has 0 radical (unpaired) electrons. The normalized spacial score (nSPS) is 11.1. The van der Waals surface area contributed by atoms with Crippen molar-refractivity contribution in [1.29, 1.82) is 0 Å². The van der Waals surface area contributed by atoms with Crippen LogP contribution in [0, 0.1) is 0 Å². The number of benzene rings is 2. The maximum Gasteiger partial charge on any atom is 0.435 e. The van der Waals surface area contributed by atoms with Gasteiger partial charge in [0.15, 0.2) is 5.69 Å². The quantitative estimate of drug-likeness (QED) is 0.363. The standard InChI is InChI=1S/C20H15F6N3O.2C2H6/c1-28(2)18(30)13-5-3-12(4-6-13)16-11-17(20(24,25)26)27-29(16)15-9-7-14(8-10-15)19(21,22)23;2*1-2/h3-11H,1-2H3;2*1-2H3. The van der Waals surface area contributed by atoms with E-state index in [1.807, 2.05) is 27.7 Å². The number of carbonyl (C=O) groups excluding carboxylic acids is 1. The third kappa shape index (κ3) is 6.85. The summed E-state index contributed by atoms with van der Waals surface area (Å²) in [4.78, 5) is 13.3. The molecule has 0 bridgehead atoms. The molecule has 34 heavy (non-hydrogen) atoms. The Morgan fingerprint density at radius 2 is 1.29 bits per heavy atom. The summed E-state index contributed by atoms with van der Waals surface area (Å²) in [6.45, 7) is 8.00. The number of halogens is 6. The van der Waals surface area contributed by atoms with Crippen LogP contribution in [0.2, 0.25) is 0 Å². The maximum atomic E-state index is 13.2. The van der Waals surface area contributed by atoms with Crippen LogP contribution in [0.4, 0.5) is 26.3 Å². The van der Waals surface area contributed by atoms with Gasteiger partial charge in [0.1, 0.15) is 0 Å². The van der Waals surface area contributed by atoms with Gasteiger partial charge in [-0.05, 0) is 42.5 Å². The van der Waals surface area contributed by atoms with Gasteiger partial charge in [-0.2, -0.15) is 31.4 Å². The third-order valence-electron chi connectivity index (χ3n) is 4.27. The van der Waals surface area contributed by atoms with Gasteiger partial charge in [0.2, 0.25) is 0 Å². The molecule has 0 aliphatic carbocycles. The Bertz CT molecular complexity index is 1050. The van der Waals surface area contributed by atoms with Crippen LogP contribution < -0.4 is 0 Å². The second kappa shape index (κ2) is 11.7. The lowest BCUT2D eigenvalue weighted by Gasteiger charge is -2.12. The number of hydrogen-bond acceptors (Lipinski definition) is 2. The fourth-order valence-electron chi connectivity index (χ4n) is 2.76. The lowest BCUT2D eigenvalue weighted by molar-refractivity contribution is -0.141. The van der Waals surface area contributed by atoms with Crippen molar-refractivity contribution in [2.75, 3.05) is 14.1 Å². The predicted molar refractivity (Wildman–Crippen MR) is 120 cm³/mol. The smallest absolute Gasteiger partial charge is 0.345 e. The molecule has 10 heteroatoms. The van der Waals surface area contributed by atoms with Crippen LogP contribution >= 0.6 is 0 Å². The van der Waals surface area contributed by atoms with Crippen LogP contribution in [0.1, 0.15) is 49.3 Å². The van der Waals surface area contributed by atoms with E-state index in [1.54, 1.807) is 14.1 Å². The summed E-state index contributed by atoms with van der Waals surface area (Å²) < 4.78 is 78.9. The molecule has 1 heterocycles. The fraction of sp³-hybridized carbons (Fsp3) is 0.333. The number of aromatic nitrogens is 2. The van der Waals surface area contributed by atoms with Gasteiger partial charge >= 0.3 is 12.4 Å². The number of hydrogen-bond donors (Lipinski definition) is 0. The minimum Gasteiger partial charge on any atom is -0.345 e. The van der Waals surface area contributed by atoms with E-state index >= 15 is 0 Å². The third-order valence-corrected chi connectivity index (χ3v) is 4.27. The maximum absolute atomic E-state index is 13.2. The van der Waals surface area contributed by atoms with Gasteiger partial charge in [-0.1, -0.05) is 39.8 Å².